The number of hydrogen-bond donors (Lipinski definition) is 2. The molecule has 2 rings (SSSR count). The maximum absolute atomic E-state index is 10.1. The van der Waals surface area contributed by atoms with Crippen molar-refractivity contribution in [2.75, 3.05) is 13.1 Å². The number of aromatic nitrogens is 1. The van der Waals surface area contributed by atoms with Gasteiger partial charge >= 0.3 is 0 Å². The highest BCUT2D eigenvalue weighted by atomic mass is 16.3. The highest BCUT2D eigenvalue weighted by Gasteiger charge is 2.20. The molecular weight excluding hydrogens is 248 g/mol. The third kappa shape index (κ3) is 3.89. The maximum Gasteiger partial charge on any atom is 0.0915 e. The minimum Gasteiger partial charge on any atom is -0.387 e. The summed E-state index contributed by atoms with van der Waals surface area (Å²) < 4.78 is 0. The Balaban J connectivity index is 1.87. The number of aliphatic hydroxyl groups is 1. The Bertz CT molecular complexity index is 511. The van der Waals surface area contributed by atoms with Crippen molar-refractivity contribution in [3.05, 3.63) is 66.0 Å². The molecule has 0 amide bonds. The molecule has 0 saturated heterocycles. The van der Waals surface area contributed by atoms with Gasteiger partial charge in [-0.05, 0) is 23.3 Å². The quantitative estimate of drug-likeness (QED) is 0.848. The Hall–Kier alpha value is -1.71. The maximum atomic E-state index is 10.1. The molecule has 20 heavy (non-hydrogen) atoms. The first-order chi connectivity index (χ1) is 9.59. The van der Waals surface area contributed by atoms with Gasteiger partial charge in [0.1, 0.15) is 0 Å². The summed E-state index contributed by atoms with van der Waals surface area (Å²) in [5.41, 5.74) is 2.23. The third-order valence-electron chi connectivity index (χ3n) is 3.55. The Kier molecular flexibility index (Phi) is 4.88. The number of rotatable bonds is 6. The van der Waals surface area contributed by atoms with Crippen LogP contribution in [0.25, 0.3) is 0 Å². The van der Waals surface area contributed by atoms with E-state index in [9.17, 15) is 5.11 Å². The molecule has 1 heterocycles. The zero-order chi connectivity index (χ0) is 14.4. The van der Waals surface area contributed by atoms with Crippen LogP contribution in [0, 0.1) is 0 Å². The monoisotopic (exact) mass is 270 g/mol. The minimum absolute atomic E-state index is 0.0409. The van der Waals surface area contributed by atoms with Crippen molar-refractivity contribution in [3.8, 4) is 0 Å². The lowest BCUT2D eigenvalue weighted by Gasteiger charge is -2.26. The summed E-state index contributed by atoms with van der Waals surface area (Å²) in [5, 5.41) is 13.4. The van der Waals surface area contributed by atoms with Gasteiger partial charge in [0.15, 0.2) is 0 Å². The van der Waals surface area contributed by atoms with Gasteiger partial charge in [-0.1, -0.05) is 44.2 Å². The van der Waals surface area contributed by atoms with E-state index in [1.807, 2.05) is 18.2 Å². The summed E-state index contributed by atoms with van der Waals surface area (Å²) in [6.07, 6.45) is 2.91. The van der Waals surface area contributed by atoms with Crippen molar-refractivity contribution < 1.29 is 5.11 Å². The molecule has 0 bridgehead atoms. The second-order valence-electron chi connectivity index (χ2n) is 5.68. The fraction of sp³-hybridized carbons (Fsp3) is 0.353. The number of aliphatic hydroxyl groups excluding tert-OH is 1. The van der Waals surface area contributed by atoms with Crippen LogP contribution in [-0.2, 0) is 5.41 Å². The van der Waals surface area contributed by atoms with Gasteiger partial charge in [0.05, 0.1) is 6.10 Å². The van der Waals surface area contributed by atoms with E-state index < -0.39 is 6.10 Å². The van der Waals surface area contributed by atoms with E-state index in [4.69, 9.17) is 0 Å². The molecule has 0 aliphatic rings. The number of nitrogens with zero attached hydrogens (tertiary/aromatic N) is 1. The summed E-state index contributed by atoms with van der Waals surface area (Å²) in [5.74, 6) is 0. The van der Waals surface area contributed by atoms with E-state index in [1.54, 1.807) is 12.4 Å². The SMILES string of the molecule is CC(C)(CNCC(O)c1ccncc1)c1ccccc1. The third-order valence-corrected chi connectivity index (χ3v) is 3.55. The highest BCUT2D eigenvalue weighted by Crippen LogP contribution is 2.22. The van der Waals surface area contributed by atoms with Crippen molar-refractivity contribution in [3.63, 3.8) is 0 Å². The van der Waals surface area contributed by atoms with E-state index in [1.165, 1.54) is 5.56 Å². The van der Waals surface area contributed by atoms with Gasteiger partial charge in [-0.3, -0.25) is 4.98 Å². The number of benzene rings is 1. The van der Waals surface area contributed by atoms with Crippen LogP contribution in [0.1, 0.15) is 31.1 Å². The van der Waals surface area contributed by atoms with E-state index in [0.29, 0.717) is 6.54 Å². The number of nitrogens with one attached hydrogen (secondary N) is 1. The largest absolute Gasteiger partial charge is 0.387 e. The molecule has 1 aromatic carbocycles. The van der Waals surface area contributed by atoms with Crippen LogP contribution in [0.4, 0.5) is 0 Å². The van der Waals surface area contributed by atoms with Gasteiger partial charge in [0, 0.05) is 30.9 Å². The van der Waals surface area contributed by atoms with E-state index in [-0.39, 0.29) is 5.41 Å². The molecule has 0 saturated carbocycles. The zero-order valence-corrected chi connectivity index (χ0v) is 12.1. The summed E-state index contributed by atoms with van der Waals surface area (Å²) >= 11 is 0. The smallest absolute Gasteiger partial charge is 0.0915 e. The molecule has 1 unspecified atom stereocenters. The topological polar surface area (TPSA) is 45.1 Å². The predicted molar refractivity (Wildman–Crippen MR) is 81.5 cm³/mol. The second-order valence-corrected chi connectivity index (χ2v) is 5.68. The number of pyridine rings is 1. The summed E-state index contributed by atoms with van der Waals surface area (Å²) in [6, 6.07) is 14.1. The Morgan fingerprint density at radius 3 is 2.40 bits per heavy atom. The van der Waals surface area contributed by atoms with Crippen LogP contribution >= 0.6 is 0 Å². The average molecular weight is 270 g/mol. The average Bonchev–Trinajstić information content (AvgIpc) is 2.49. The first-order valence-corrected chi connectivity index (χ1v) is 6.94. The van der Waals surface area contributed by atoms with Crippen LogP contribution < -0.4 is 5.32 Å². The van der Waals surface area contributed by atoms with Crippen LogP contribution in [0.5, 0.6) is 0 Å². The molecule has 1 aromatic heterocycles. The first-order valence-electron chi connectivity index (χ1n) is 6.94. The first kappa shape index (κ1) is 14.7. The molecule has 0 aliphatic carbocycles. The fourth-order valence-corrected chi connectivity index (χ4v) is 2.22. The second kappa shape index (κ2) is 6.64. The molecular formula is C17H22N2O. The van der Waals surface area contributed by atoms with Gasteiger partial charge in [0.25, 0.3) is 0 Å². The lowest BCUT2D eigenvalue weighted by molar-refractivity contribution is 0.172. The van der Waals surface area contributed by atoms with Crippen LogP contribution in [0.2, 0.25) is 0 Å². The van der Waals surface area contributed by atoms with Gasteiger partial charge in [-0.2, -0.15) is 0 Å². The van der Waals surface area contributed by atoms with Crippen LogP contribution in [-0.4, -0.2) is 23.2 Å². The normalized spacial score (nSPS) is 13.2. The van der Waals surface area contributed by atoms with Crippen molar-refractivity contribution in [1.82, 2.24) is 10.3 Å². The molecule has 106 valence electrons. The summed E-state index contributed by atoms with van der Waals surface area (Å²) in [7, 11) is 0. The van der Waals surface area contributed by atoms with Crippen molar-refractivity contribution >= 4 is 0 Å². The van der Waals surface area contributed by atoms with E-state index in [0.717, 1.165) is 12.1 Å². The lowest BCUT2D eigenvalue weighted by atomic mass is 9.84. The van der Waals surface area contributed by atoms with Crippen molar-refractivity contribution in [2.45, 2.75) is 25.4 Å². The molecule has 2 aromatic rings. The highest BCUT2D eigenvalue weighted by molar-refractivity contribution is 5.24. The van der Waals surface area contributed by atoms with Crippen LogP contribution in [0.3, 0.4) is 0 Å². The van der Waals surface area contributed by atoms with Gasteiger partial charge in [0.2, 0.25) is 0 Å². The molecule has 0 fully saturated rings. The molecule has 2 N–H and O–H groups in total. The van der Waals surface area contributed by atoms with Gasteiger partial charge in [-0.15, -0.1) is 0 Å². The van der Waals surface area contributed by atoms with E-state index in [2.05, 4.69) is 48.4 Å². The summed E-state index contributed by atoms with van der Waals surface area (Å²) in [6.45, 7) is 5.77. The molecule has 1 atom stereocenters. The molecule has 0 radical (unpaired) electrons. The Labute approximate surface area is 120 Å². The lowest BCUT2D eigenvalue weighted by Crippen LogP contribution is -2.35. The molecule has 0 spiro atoms. The number of hydrogen-bond acceptors (Lipinski definition) is 3. The molecule has 0 aliphatic heterocycles. The van der Waals surface area contributed by atoms with Gasteiger partial charge < -0.3 is 10.4 Å². The Morgan fingerprint density at radius 1 is 1.10 bits per heavy atom. The zero-order valence-electron chi connectivity index (χ0n) is 12.1. The minimum atomic E-state index is -0.496. The summed E-state index contributed by atoms with van der Waals surface area (Å²) in [4.78, 5) is 3.96. The standard InChI is InChI=1S/C17H22N2O/c1-17(2,15-6-4-3-5-7-15)13-19-12-16(20)14-8-10-18-11-9-14/h3-11,16,19-20H,12-13H2,1-2H3. The Morgan fingerprint density at radius 2 is 1.75 bits per heavy atom. The van der Waals surface area contributed by atoms with E-state index >= 15 is 0 Å². The molecule has 3 nitrogen and oxygen atoms in total. The van der Waals surface area contributed by atoms with Crippen LogP contribution in [0.15, 0.2) is 54.9 Å². The fourth-order valence-electron chi connectivity index (χ4n) is 2.22. The predicted octanol–water partition coefficient (Wildman–Crippen LogP) is 2.68. The van der Waals surface area contributed by atoms with Crippen molar-refractivity contribution in [2.24, 2.45) is 0 Å². The van der Waals surface area contributed by atoms with Crippen molar-refractivity contribution in [1.29, 1.82) is 0 Å². The van der Waals surface area contributed by atoms with Gasteiger partial charge in [-0.25, -0.2) is 0 Å². The molecule has 3 heteroatoms.